The van der Waals surface area contributed by atoms with Gasteiger partial charge < -0.3 is 0 Å². The summed E-state index contributed by atoms with van der Waals surface area (Å²) in [6.07, 6.45) is 0. The van der Waals surface area contributed by atoms with Crippen molar-refractivity contribution in [2.45, 2.75) is 20.8 Å². The van der Waals surface area contributed by atoms with Crippen LogP contribution in [0, 0.1) is 20.8 Å². The molecule has 0 nitrogen and oxygen atoms in total. The van der Waals surface area contributed by atoms with Gasteiger partial charge in [-0.05, 0) is 54.8 Å². The van der Waals surface area contributed by atoms with Gasteiger partial charge in [0, 0.05) is 4.47 Å². The van der Waals surface area contributed by atoms with Gasteiger partial charge in [-0.2, -0.15) is 0 Å². The average molecular weight is 249 g/mol. The predicted molar refractivity (Wildman–Crippen MR) is 65.9 cm³/mol. The summed E-state index contributed by atoms with van der Waals surface area (Å²) in [6, 6.07) is 8.84. The number of fused-ring (bicyclic) bond motifs is 1. The van der Waals surface area contributed by atoms with Crippen LogP contribution in [0.5, 0.6) is 0 Å². The third-order valence-corrected chi connectivity index (χ3v) is 3.05. The fraction of sp³-hybridized carbons (Fsp3) is 0.231. The second kappa shape index (κ2) is 3.39. The van der Waals surface area contributed by atoms with Crippen molar-refractivity contribution in [2.24, 2.45) is 0 Å². The van der Waals surface area contributed by atoms with Gasteiger partial charge in [0.25, 0.3) is 0 Å². The van der Waals surface area contributed by atoms with Crippen molar-refractivity contribution >= 4 is 26.7 Å². The average Bonchev–Trinajstić information content (AvgIpc) is 2.07. The molecule has 72 valence electrons. The highest BCUT2D eigenvalue weighted by Gasteiger charge is 2.02. The molecule has 0 saturated carbocycles. The Morgan fingerprint density at radius 2 is 1.36 bits per heavy atom. The molecule has 0 saturated heterocycles. The van der Waals surface area contributed by atoms with Gasteiger partial charge in [-0.1, -0.05) is 33.6 Å². The van der Waals surface area contributed by atoms with Crippen LogP contribution >= 0.6 is 15.9 Å². The van der Waals surface area contributed by atoms with Crippen LogP contribution in [-0.4, -0.2) is 0 Å². The highest BCUT2D eigenvalue weighted by Crippen LogP contribution is 2.27. The topological polar surface area (TPSA) is 0 Å². The van der Waals surface area contributed by atoms with E-state index in [0.717, 1.165) is 4.47 Å². The molecule has 0 bridgehead atoms. The van der Waals surface area contributed by atoms with Crippen molar-refractivity contribution in [3.05, 3.63) is 45.4 Å². The van der Waals surface area contributed by atoms with Crippen molar-refractivity contribution in [1.82, 2.24) is 0 Å². The molecule has 0 radical (unpaired) electrons. The van der Waals surface area contributed by atoms with Crippen LogP contribution in [0.2, 0.25) is 0 Å². The SMILES string of the molecule is Cc1cc(C)c2cc(Br)cc(C)c2c1. The fourth-order valence-electron chi connectivity index (χ4n) is 1.96. The number of halogens is 1. The van der Waals surface area contributed by atoms with E-state index in [-0.39, 0.29) is 0 Å². The Kier molecular flexibility index (Phi) is 2.36. The number of benzene rings is 2. The molecule has 2 rings (SSSR count). The molecule has 0 spiro atoms. The lowest BCUT2D eigenvalue weighted by atomic mass is 9.99. The lowest BCUT2D eigenvalue weighted by Gasteiger charge is -2.08. The summed E-state index contributed by atoms with van der Waals surface area (Å²) < 4.78 is 1.16. The summed E-state index contributed by atoms with van der Waals surface area (Å²) in [5, 5.41) is 2.72. The second-order valence-corrected chi connectivity index (χ2v) is 4.82. The molecule has 0 aliphatic rings. The maximum Gasteiger partial charge on any atom is 0.0184 e. The minimum absolute atomic E-state index is 1.16. The molecule has 14 heavy (non-hydrogen) atoms. The van der Waals surface area contributed by atoms with Crippen LogP contribution in [0.1, 0.15) is 16.7 Å². The molecular formula is C13H13Br. The van der Waals surface area contributed by atoms with E-state index in [0.29, 0.717) is 0 Å². The van der Waals surface area contributed by atoms with Gasteiger partial charge in [0.05, 0.1) is 0 Å². The minimum atomic E-state index is 1.16. The molecule has 2 aromatic rings. The molecular weight excluding hydrogens is 236 g/mol. The molecule has 0 N–H and O–H groups in total. The monoisotopic (exact) mass is 248 g/mol. The number of hydrogen-bond donors (Lipinski definition) is 0. The van der Waals surface area contributed by atoms with Gasteiger partial charge in [0.1, 0.15) is 0 Å². The van der Waals surface area contributed by atoms with E-state index in [9.17, 15) is 0 Å². The quantitative estimate of drug-likeness (QED) is 0.643. The Morgan fingerprint density at radius 3 is 2.07 bits per heavy atom. The molecule has 0 aliphatic carbocycles. The Bertz CT molecular complexity index is 451. The molecule has 0 unspecified atom stereocenters. The summed E-state index contributed by atoms with van der Waals surface area (Å²) in [4.78, 5) is 0. The number of hydrogen-bond acceptors (Lipinski definition) is 0. The van der Waals surface area contributed by atoms with Gasteiger partial charge >= 0.3 is 0 Å². The first-order valence-electron chi connectivity index (χ1n) is 4.75. The third kappa shape index (κ3) is 1.57. The Hall–Kier alpha value is -0.820. The zero-order chi connectivity index (χ0) is 10.3. The Morgan fingerprint density at radius 1 is 0.786 bits per heavy atom. The summed E-state index contributed by atoms with van der Waals surface area (Å²) in [5.74, 6) is 0. The van der Waals surface area contributed by atoms with Crippen molar-refractivity contribution in [1.29, 1.82) is 0 Å². The smallest absolute Gasteiger partial charge is 0.0184 e. The predicted octanol–water partition coefficient (Wildman–Crippen LogP) is 4.53. The third-order valence-electron chi connectivity index (χ3n) is 2.59. The maximum atomic E-state index is 3.54. The number of rotatable bonds is 0. The van der Waals surface area contributed by atoms with Crippen molar-refractivity contribution in [3.63, 3.8) is 0 Å². The standard InChI is InChI=1S/C13H13Br/c1-8-4-9(2)13-7-11(14)6-10(3)12(13)5-8/h4-7H,1-3H3. The first-order chi connectivity index (χ1) is 6.58. The van der Waals surface area contributed by atoms with Crippen LogP contribution in [0.25, 0.3) is 10.8 Å². The molecule has 0 aromatic heterocycles. The van der Waals surface area contributed by atoms with Crippen LogP contribution in [0.3, 0.4) is 0 Å². The lowest BCUT2D eigenvalue weighted by Crippen LogP contribution is -1.85. The highest BCUT2D eigenvalue weighted by molar-refractivity contribution is 9.10. The van der Waals surface area contributed by atoms with E-state index >= 15 is 0 Å². The molecule has 0 aliphatic heterocycles. The van der Waals surface area contributed by atoms with E-state index in [4.69, 9.17) is 0 Å². The van der Waals surface area contributed by atoms with E-state index < -0.39 is 0 Å². The molecule has 0 fully saturated rings. The fourth-order valence-corrected chi connectivity index (χ4v) is 2.53. The van der Waals surface area contributed by atoms with E-state index in [1.807, 2.05) is 0 Å². The zero-order valence-electron chi connectivity index (χ0n) is 8.69. The largest absolute Gasteiger partial charge is 0.0557 e. The first kappa shape index (κ1) is 9.72. The van der Waals surface area contributed by atoms with Crippen molar-refractivity contribution in [2.75, 3.05) is 0 Å². The van der Waals surface area contributed by atoms with Crippen molar-refractivity contribution < 1.29 is 0 Å². The van der Waals surface area contributed by atoms with Crippen molar-refractivity contribution in [3.8, 4) is 0 Å². The molecule has 2 aromatic carbocycles. The lowest BCUT2D eigenvalue weighted by molar-refractivity contribution is 1.40. The summed E-state index contributed by atoms with van der Waals surface area (Å²) in [7, 11) is 0. The summed E-state index contributed by atoms with van der Waals surface area (Å²) in [6.45, 7) is 6.47. The second-order valence-electron chi connectivity index (χ2n) is 3.90. The van der Waals surface area contributed by atoms with Crippen LogP contribution < -0.4 is 0 Å². The number of aryl methyl sites for hydroxylation is 3. The van der Waals surface area contributed by atoms with E-state index in [2.05, 4.69) is 61.0 Å². The minimum Gasteiger partial charge on any atom is -0.0557 e. The van der Waals surface area contributed by atoms with E-state index in [1.165, 1.54) is 27.5 Å². The summed E-state index contributed by atoms with van der Waals surface area (Å²) in [5.41, 5.74) is 4.02. The zero-order valence-corrected chi connectivity index (χ0v) is 10.3. The first-order valence-corrected chi connectivity index (χ1v) is 5.54. The molecule has 0 atom stereocenters. The normalized spacial score (nSPS) is 10.9. The van der Waals surface area contributed by atoms with Gasteiger partial charge in [-0.15, -0.1) is 0 Å². The molecule has 0 amide bonds. The van der Waals surface area contributed by atoms with Gasteiger partial charge in [-0.3, -0.25) is 0 Å². The Balaban J connectivity index is 2.94. The van der Waals surface area contributed by atoms with Crippen LogP contribution in [0.4, 0.5) is 0 Å². The van der Waals surface area contributed by atoms with Gasteiger partial charge in [0.15, 0.2) is 0 Å². The Labute approximate surface area is 93.1 Å². The summed E-state index contributed by atoms with van der Waals surface area (Å²) >= 11 is 3.54. The highest BCUT2D eigenvalue weighted by atomic mass is 79.9. The van der Waals surface area contributed by atoms with E-state index in [1.54, 1.807) is 0 Å². The molecule has 1 heteroatoms. The maximum absolute atomic E-state index is 3.54. The van der Waals surface area contributed by atoms with Crippen LogP contribution in [0.15, 0.2) is 28.7 Å². The van der Waals surface area contributed by atoms with Gasteiger partial charge in [-0.25, -0.2) is 0 Å². The van der Waals surface area contributed by atoms with Gasteiger partial charge in [0.2, 0.25) is 0 Å². The van der Waals surface area contributed by atoms with Crippen LogP contribution in [-0.2, 0) is 0 Å². The molecule has 0 heterocycles.